The normalized spacial score (nSPS) is 10.9. The van der Waals surface area contributed by atoms with E-state index in [0.29, 0.717) is 29.6 Å². The molecule has 0 aliphatic heterocycles. The summed E-state index contributed by atoms with van der Waals surface area (Å²) in [6.07, 6.45) is 0.558. The minimum atomic E-state index is -0.313. The van der Waals surface area contributed by atoms with Crippen LogP contribution in [0.15, 0.2) is 18.2 Å². The first kappa shape index (κ1) is 10.3. The third kappa shape index (κ3) is 2.06. The summed E-state index contributed by atoms with van der Waals surface area (Å²) in [6.45, 7) is 0.443. The number of nitrogens with zero attached hydrogens (tertiary/aromatic N) is 2. The number of nitrogens with two attached hydrogens (primary N) is 1. The molecule has 0 fully saturated rings. The van der Waals surface area contributed by atoms with E-state index in [1.54, 1.807) is 6.07 Å². The van der Waals surface area contributed by atoms with Gasteiger partial charge in [0.1, 0.15) is 5.82 Å². The van der Waals surface area contributed by atoms with Gasteiger partial charge in [-0.05, 0) is 36.3 Å². The van der Waals surface area contributed by atoms with E-state index in [4.69, 9.17) is 17.3 Å². The molecule has 0 unspecified atom stereocenters. The molecule has 0 spiro atoms. The number of benzene rings is 1. The van der Waals surface area contributed by atoms with Crippen LogP contribution in [0.5, 0.6) is 0 Å². The maximum Gasteiger partial charge on any atom is 0.223 e. The molecule has 2 rings (SSSR count). The van der Waals surface area contributed by atoms with Crippen molar-refractivity contribution in [2.45, 2.75) is 6.42 Å². The Morgan fingerprint density at radius 2 is 2.13 bits per heavy atom. The van der Waals surface area contributed by atoms with Gasteiger partial charge in [0.05, 0.1) is 11.2 Å². The monoisotopic (exact) mass is 225 g/mol. The Kier molecular flexibility index (Phi) is 2.79. The van der Waals surface area contributed by atoms with E-state index < -0.39 is 0 Å². The smallest absolute Gasteiger partial charge is 0.223 e. The maximum atomic E-state index is 13.0. The third-order valence-corrected chi connectivity index (χ3v) is 2.26. The van der Waals surface area contributed by atoms with Gasteiger partial charge in [-0.2, -0.15) is 0 Å². The van der Waals surface area contributed by atoms with Gasteiger partial charge < -0.3 is 5.73 Å². The Bertz CT molecular complexity index is 501. The predicted molar refractivity (Wildman–Crippen MR) is 57.3 cm³/mol. The standard InChI is InChI=1S/C10H9ClFN3/c11-10-14-8-2-1-6(12)5-7(8)9(15-10)3-4-13/h1-2,5H,3-4,13H2. The van der Waals surface area contributed by atoms with E-state index in [1.807, 2.05) is 0 Å². The highest BCUT2D eigenvalue weighted by Crippen LogP contribution is 2.19. The molecule has 0 atom stereocenters. The van der Waals surface area contributed by atoms with Gasteiger partial charge in [-0.3, -0.25) is 0 Å². The van der Waals surface area contributed by atoms with E-state index in [9.17, 15) is 4.39 Å². The molecule has 0 saturated carbocycles. The zero-order chi connectivity index (χ0) is 10.8. The van der Waals surface area contributed by atoms with Crippen molar-refractivity contribution in [1.29, 1.82) is 0 Å². The number of hydrogen-bond acceptors (Lipinski definition) is 3. The molecule has 78 valence electrons. The third-order valence-electron chi connectivity index (χ3n) is 2.09. The summed E-state index contributed by atoms with van der Waals surface area (Å²) in [7, 11) is 0. The molecule has 0 aliphatic rings. The molecule has 1 aromatic carbocycles. The first-order chi connectivity index (χ1) is 7.20. The zero-order valence-electron chi connectivity index (χ0n) is 7.87. The van der Waals surface area contributed by atoms with E-state index in [0.717, 1.165) is 0 Å². The van der Waals surface area contributed by atoms with Gasteiger partial charge in [0.2, 0.25) is 5.28 Å². The van der Waals surface area contributed by atoms with Crippen molar-refractivity contribution in [3.8, 4) is 0 Å². The number of rotatable bonds is 2. The Balaban J connectivity index is 2.70. The molecular formula is C10H9ClFN3. The lowest BCUT2D eigenvalue weighted by molar-refractivity contribution is 0.629. The first-order valence-electron chi connectivity index (χ1n) is 4.52. The number of hydrogen-bond donors (Lipinski definition) is 1. The maximum absolute atomic E-state index is 13.0. The van der Waals surface area contributed by atoms with Gasteiger partial charge in [0.15, 0.2) is 0 Å². The molecule has 1 heterocycles. The topological polar surface area (TPSA) is 51.8 Å². The lowest BCUT2D eigenvalue weighted by Crippen LogP contribution is -2.06. The van der Waals surface area contributed by atoms with Crippen LogP contribution in [0.4, 0.5) is 4.39 Å². The van der Waals surface area contributed by atoms with Crippen molar-refractivity contribution in [3.05, 3.63) is 35.0 Å². The summed E-state index contributed by atoms with van der Waals surface area (Å²) < 4.78 is 13.0. The molecule has 0 saturated heterocycles. The van der Waals surface area contributed by atoms with Crippen LogP contribution in [0.1, 0.15) is 5.69 Å². The molecule has 0 aliphatic carbocycles. The molecule has 2 aromatic rings. The second kappa shape index (κ2) is 4.08. The highest BCUT2D eigenvalue weighted by molar-refractivity contribution is 6.28. The van der Waals surface area contributed by atoms with Crippen molar-refractivity contribution in [2.75, 3.05) is 6.54 Å². The van der Waals surface area contributed by atoms with Crippen LogP contribution in [-0.2, 0) is 6.42 Å². The highest BCUT2D eigenvalue weighted by atomic mass is 35.5. The fourth-order valence-electron chi connectivity index (χ4n) is 1.46. The fourth-order valence-corrected chi connectivity index (χ4v) is 1.65. The quantitative estimate of drug-likeness (QED) is 0.795. The Morgan fingerprint density at radius 1 is 1.33 bits per heavy atom. The zero-order valence-corrected chi connectivity index (χ0v) is 8.63. The van der Waals surface area contributed by atoms with Crippen LogP contribution in [0.3, 0.4) is 0 Å². The number of aromatic nitrogens is 2. The molecule has 0 amide bonds. The molecular weight excluding hydrogens is 217 g/mol. The van der Waals surface area contributed by atoms with Crippen LogP contribution in [-0.4, -0.2) is 16.5 Å². The van der Waals surface area contributed by atoms with Gasteiger partial charge in [-0.15, -0.1) is 0 Å². The summed E-state index contributed by atoms with van der Waals surface area (Å²) >= 11 is 5.74. The van der Waals surface area contributed by atoms with E-state index in [1.165, 1.54) is 12.1 Å². The Labute approximate surface area is 91.1 Å². The summed E-state index contributed by atoms with van der Waals surface area (Å²) in [5, 5.41) is 0.836. The van der Waals surface area contributed by atoms with Crippen molar-refractivity contribution in [2.24, 2.45) is 5.73 Å². The molecule has 2 N–H and O–H groups in total. The average molecular weight is 226 g/mol. The van der Waals surface area contributed by atoms with E-state index in [2.05, 4.69) is 9.97 Å². The average Bonchev–Trinajstić information content (AvgIpc) is 2.19. The van der Waals surface area contributed by atoms with Crippen molar-refractivity contribution >= 4 is 22.5 Å². The summed E-state index contributed by atoms with van der Waals surface area (Å²) in [6, 6.07) is 4.33. The fraction of sp³-hybridized carbons (Fsp3) is 0.200. The lowest BCUT2D eigenvalue weighted by atomic mass is 10.1. The predicted octanol–water partition coefficient (Wildman–Crippen LogP) is 1.92. The molecule has 0 radical (unpaired) electrons. The minimum Gasteiger partial charge on any atom is -0.330 e. The Hall–Kier alpha value is -1.26. The summed E-state index contributed by atoms with van der Waals surface area (Å²) in [5.74, 6) is -0.313. The van der Waals surface area contributed by atoms with Crippen LogP contribution >= 0.6 is 11.6 Å². The summed E-state index contributed by atoms with van der Waals surface area (Å²) in [4.78, 5) is 8.05. The first-order valence-corrected chi connectivity index (χ1v) is 4.90. The lowest BCUT2D eigenvalue weighted by Gasteiger charge is -2.04. The second-order valence-corrected chi connectivity index (χ2v) is 3.48. The van der Waals surface area contributed by atoms with Gasteiger partial charge in [-0.25, -0.2) is 14.4 Å². The molecule has 0 bridgehead atoms. The second-order valence-electron chi connectivity index (χ2n) is 3.14. The minimum absolute atomic E-state index is 0.164. The summed E-state index contributed by atoms with van der Waals surface area (Å²) in [5.41, 5.74) is 6.77. The van der Waals surface area contributed by atoms with Gasteiger partial charge in [0, 0.05) is 11.8 Å². The highest BCUT2D eigenvalue weighted by Gasteiger charge is 2.06. The van der Waals surface area contributed by atoms with Crippen molar-refractivity contribution in [1.82, 2.24) is 9.97 Å². The molecule has 5 heteroatoms. The van der Waals surface area contributed by atoms with Crippen LogP contribution in [0.25, 0.3) is 10.9 Å². The SMILES string of the molecule is NCCc1nc(Cl)nc2ccc(F)cc12. The molecule has 3 nitrogen and oxygen atoms in total. The van der Waals surface area contributed by atoms with Crippen LogP contribution in [0, 0.1) is 5.82 Å². The van der Waals surface area contributed by atoms with Crippen molar-refractivity contribution in [3.63, 3.8) is 0 Å². The van der Waals surface area contributed by atoms with Crippen LogP contribution in [0.2, 0.25) is 5.28 Å². The van der Waals surface area contributed by atoms with Gasteiger partial charge >= 0.3 is 0 Å². The number of fused-ring (bicyclic) bond motifs is 1. The number of halogens is 2. The van der Waals surface area contributed by atoms with E-state index in [-0.39, 0.29) is 11.1 Å². The van der Waals surface area contributed by atoms with Crippen molar-refractivity contribution < 1.29 is 4.39 Å². The Morgan fingerprint density at radius 3 is 2.87 bits per heavy atom. The van der Waals surface area contributed by atoms with E-state index >= 15 is 0 Å². The van der Waals surface area contributed by atoms with Gasteiger partial charge in [0.25, 0.3) is 0 Å². The molecule has 15 heavy (non-hydrogen) atoms. The van der Waals surface area contributed by atoms with Crippen LogP contribution < -0.4 is 5.73 Å². The van der Waals surface area contributed by atoms with Gasteiger partial charge in [-0.1, -0.05) is 0 Å². The molecule has 1 aromatic heterocycles. The largest absolute Gasteiger partial charge is 0.330 e.